The molecule has 5 heteroatoms. The largest absolute Gasteiger partial charge is 0.253 e. The van der Waals surface area contributed by atoms with Crippen molar-refractivity contribution in [3.05, 3.63) is 87.8 Å². The first-order valence-electron chi connectivity index (χ1n) is 8.28. The number of halogens is 1. The van der Waals surface area contributed by atoms with Gasteiger partial charge in [-0.25, -0.2) is 9.07 Å². The Morgan fingerprint density at radius 3 is 2.58 bits per heavy atom. The Hall–Kier alpha value is -2.79. The van der Waals surface area contributed by atoms with Crippen LogP contribution in [0, 0.1) is 19.7 Å². The predicted molar refractivity (Wildman–Crippen MR) is 107 cm³/mol. The minimum atomic E-state index is -0.261. The lowest BCUT2D eigenvalue weighted by Crippen LogP contribution is -2.12. The Bertz CT molecular complexity index is 1010. The molecule has 0 unspecified atom stereocenters. The molecule has 0 N–H and O–H groups in total. The Morgan fingerprint density at radius 1 is 1.12 bits per heavy atom. The molecule has 0 bridgehead atoms. The summed E-state index contributed by atoms with van der Waals surface area (Å²) in [6.45, 7) is 8.44. The Kier molecular flexibility index (Phi) is 5.58. The van der Waals surface area contributed by atoms with Crippen LogP contribution >= 0.6 is 11.3 Å². The van der Waals surface area contributed by atoms with Crippen molar-refractivity contribution in [1.29, 1.82) is 0 Å². The fraction of sp³-hybridized carbons (Fsp3) is 0.143. The van der Waals surface area contributed by atoms with Gasteiger partial charge < -0.3 is 0 Å². The van der Waals surface area contributed by atoms with Crippen molar-refractivity contribution in [2.24, 2.45) is 10.1 Å². The van der Waals surface area contributed by atoms with Crippen LogP contribution in [0.3, 0.4) is 0 Å². The molecule has 0 aliphatic rings. The predicted octanol–water partition coefficient (Wildman–Crippen LogP) is 4.94. The van der Waals surface area contributed by atoms with Crippen LogP contribution in [0.25, 0.3) is 11.3 Å². The zero-order valence-corrected chi connectivity index (χ0v) is 15.6. The van der Waals surface area contributed by atoms with E-state index in [0.717, 1.165) is 21.6 Å². The molecule has 132 valence electrons. The third-order valence-corrected chi connectivity index (χ3v) is 4.89. The van der Waals surface area contributed by atoms with Crippen molar-refractivity contribution in [2.75, 3.05) is 6.54 Å². The molecule has 0 aliphatic heterocycles. The highest BCUT2D eigenvalue weighted by molar-refractivity contribution is 7.07. The van der Waals surface area contributed by atoms with Gasteiger partial charge in [-0.15, -0.1) is 17.9 Å². The van der Waals surface area contributed by atoms with Gasteiger partial charge in [-0.1, -0.05) is 30.3 Å². The van der Waals surface area contributed by atoms with E-state index in [1.807, 2.05) is 10.1 Å². The topological polar surface area (TPSA) is 29.6 Å². The molecule has 1 aromatic heterocycles. The molecule has 0 aliphatic carbocycles. The maximum absolute atomic E-state index is 13.1. The third kappa shape index (κ3) is 4.06. The van der Waals surface area contributed by atoms with Crippen molar-refractivity contribution in [1.82, 2.24) is 4.68 Å². The minimum absolute atomic E-state index is 0.261. The summed E-state index contributed by atoms with van der Waals surface area (Å²) in [7, 11) is 0. The van der Waals surface area contributed by atoms with Gasteiger partial charge in [0.25, 0.3) is 0 Å². The quantitative estimate of drug-likeness (QED) is 0.453. The van der Waals surface area contributed by atoms with E-state index < -0.39 is 0 Å². The van der Waals surface area contributed by atoms with Crippen LogP contribution in [0.5, 0.6) is 0 Å². The maximum atomic E-state index is 13.1. The van der Waals surface area contributed by atoms with E-state index in [1.54, 1.807) is 24.4 Å². The monoisotopic (exact) mass is 365 g/mol. The second-order valence-electron chi connectivity index (χ2n) is 5.94. The number of thiazole rings is 1. The van der Waals surface area contributed by atoms with Gasteiger partial charge in [-0.05, 0) is 48.7 Å². The fourth-order valence-corrected chi connectivity index (χ4v) is 3.28. The van der Waals surface area contributed by atoms with Gasteiger partial charge in [0.1, 0.15) is 5.82 Å². The molecule has 0 saturated carbocycles. The van der Waals surface area contributed by atoms with Crippen LogP contribution in [-0.2, 0) is 0 Å². The van der Waals surface area contributed by atoms with Gasteiger partial charge in [0, 0.05) is 10.9 Å². The lowest BCUT2D eigenvalue weighted by molar-refractivity contribution is 0.628. The van der Waals surface area contributed by atoms with E-state index in [0.29, 0.717) is 6.54 Å². The summed E-state index contributed by atoms with van der Waals surface area (Å²) in [5.41, 5.74) is 5.36. The molecule has 0 saturated heterocycles. The summed E-state index contributed by atoms with van der Waals surface area (Å²) < 4.78 is 14.9. The number of benzene rings is 2. The zero-order valence-electron chi connectivity index (χ0n) is 14.8. The van der Waals surface area contributed by atoms with E-state index in [1.165, 1.54) is 34.6 Å². The van der Waals surface area contributed by atoms with Crippen molar-refractivity contribution in [2.45, 2.75) is 13.8 Å². The Labute approximate surface area is 156 Å². The highest BCUT2D eigenvalue weighted by atomic mass is 32.1. The van der Waals surface area contributed by atoms with Gasteiger partial charge in [0.15, 0.2) is 0 Å². The van der Waals surface area contributed by atoms with E-state index in [9.17, 15) is 4.39 Å². The average molecular weight is 365 g/mol. The molecule has 3 rings (SSSR count). The smallest absolute Gasteiger partial charge is 0.206 e. The van der Waals surface area contributed by atoms with Crippen molar-refractivity contribution < 1.29 is 4.39 Å². The Balaban J connectivity index is 2.08. The number of hydrogen-bond acceptors (Lipinski definition) is 3. The highest BCUT2D eigenvalue weighted by Gasteiger charge is 2.08. The summed E-state index contributed by atoms with van der Waals surface area (Å²) in [5, 5.41) is 6.65. The molecular weight excluding hydrogens is 345 g/mol. The van der Waals surface area contributed by atoms with Crippen LogP contribution in [0.15, 0.2) is 70.6 Å². The molecule has 0 spiro atoms. The number of hydrogen-bond donors (Lipinski definition) is 0. The first-order valence-corrected chi connectivity index (χ1v) is 9.16. The minimum Gasteiger partial charge on any atom is -0.253 e. The molecular formula is C21H20FN3S. The lowest BCUT2D eigenvalue weighted by Gasteiger charge is -2.06. The summed E-state index contributed by atoms with van der Waals surface area (Å²) in [6.07, 6.45) is 3.47. The van der Waals surface area contributed by atoms with Crippen LogP contribution in [0.4, 0.5) is 4.39 Å². The van der Waals surface area contributed by atoms with E-state index in [4.69, 9.17) is 0 Å². The molecule has 3 aromatic rings. The van der Waals surface area contributed by atoms with Crippen molar-refractivity contribution >= 4 is 17.6 Å². The second kappa shape index (κ2) is 8.06. The zero-order chi connectivity index (χ0) is 18.5. The third-order valence-electron chi connectivity index (χ3n) is 4.04. The molecule has 0 atom stereocenters. The number of aromatic nitrogens is 1. The second-order valence-corrected chi connectivity index (χ2v) is 6.78. The van der Waals surface area contributed by atoms with E-state index >= 15 is 0 Å². The van der Waals surface area contributed by atoms with Gasteiger partial charge >= 0.3 is 0 Å². The molecule has 2 aromatic carbocycles. The SMILES string of the molecule is C=CCN=c1scc(-c2ccc(C)c(C)c2)n1N=Cc1ccc(F)cc1. The van der Waals surface area contributed by atoms with Gasteiger partial charge in [0.05, 0.1) is 18.5 Å². The standard InChI is InChI=1S/C21H20FN3S/c1-4-11-23-21-25(24-13-17-6-9-19(22)10-7-17)20(14-26-21)18-8-5-15(2)16(3)12-18/h4-10,12-14H,1,11H2,2-3H3. The van der Waals surface area contributed by atoms with Crippen molar-refractivity contribution in [3.8, 4) is 11.3 Å². The van der Waals surface area contributed by atoms with Crippen LogP contribution in [0.2, 0.25) is 0 Å². The highest BCUT2D eigenvalue weighted by Crippen LogP contribution is 2.23. The maximum Gasteiger partial charge on any atom is 0.206 e. The Morgan fingerprint density at radius 2 is 1.88 bits per heavy atom. The van der Waals surface area contributed by atoms with Crippen molar-refractivity contribution in [3.63, 3.8) is 0 Å². The van der Waals surface area contributed by atoms with Crippen LogP contribution < -0.4 is 4.80 Å². The molecule has 3 nitrogen and oxygen atoms in total. The molecule has 1 heterocycles. The summed E-state index contributed by atoms with van der Waals surface area (Å²) >= 11 is 1.53. The normalized spacial score (nSPS) is 12.0. The number of aryl methyl sites for hydroxylation is 2. The summed E-state index contributed by atoms with van der Waals surface area (Å²) in [5.74, 6) is -0.261. The molecule has 0 amide bonds. The first-order chi connectivity index (χ1) is 12.6. The number of rotatable bonds is 5. The first kappa shape index (κ1) is 18.0. The van der Waals surface area contributed by atoms with E-state index in [2.05, 4.69) is 48.7 Å². The summed E-state index contributed by atoms with van der Waals surface area (Å²) in [4.78, 5) is 5.32. The fourth-order valence-electron chi connectivity index (χ4n) is 2.43. The average Bonchev–Trinajstić information content (AvgIpc) is 3.04. The number of nitrogens with zero attached hydrogens (tertiary/aromatic N) is 3. The molecule has 0 radical (unpaired) electrons. The molecule has 0 fully saturated rings. The summed E-state index contributed by atoms with van der Waals surface area (Å²) in [6, 6.07) is 12.6. The van der Waals surface area contributed by atoms with Gasteiger partial charge in [0.2, 0.25) is 4.80 Å². The van der Waals surface area contributed by atoms with Gasteiger partial charge in [-0.3, -0.25) is 4.99 Å². The lowest BCUT2D eigenvalue weighted by atomic mass is 10.1. The van der Waals surface area contributed by atoms with Crippen LogP contribution in [-0.4, -0.2) is 17.4 Å². The molecule has 26 heavy (non-hydrogen) atoms. The van der Waals surface area contributed by atoms with E-state index in [-0.39, 0.29) is 5.82 Å². The van der Waals surface area contributed by atoms with Crippen LogP contribution in [0.1, 0.15) is 16.7 Å². The van der Waals surface area contributed by atoms with Gasteiger partial charge in [-0.2, -0.15) is 5.10 Å².